The molecular formula is C20H22FN3O2S. The molecule has 1 N–H and O–H groups in total. The number of nitrogens with one attached hydrogen (secondary N) is 1. The number of hydrogen-bond donors (Lipinski definition) is 1. The average Bonchev–Trinajstić information content (AvgIpc) is 3.13. The molecule has 2 aromatic carbocycles. The SMILES string of the molecule is CN(c1cccc2c1ccn2S(=O)(=O)c1ccc(F)cc1)C1CCNCC1. The molecule has 27 heavy (non-hydrogen) atoms. The maximum Gasteiger partial charge on any atom is 0.268 e. The van der Waals surface area contributed by atoms with Crippen molar-refractivity contribution in [3.8, 4) is 0 Å². The third-order valence-electron chi connectivity index (χ3n) is 5.28. The first-order valence-electron chi connectivity index (χ1n) is 9.03. The summed E-state index contributed by atoms with van der Waals surface area (Å²) in [6.45, 7) is 1.98. The van der Waals surface area contributed by atoms with Gasteiger partial charge in [0.1, 0.15) is 5.82 Å². The molecule has 1 aliphatic rings. The monoisotopic (exact) mass is 387 g/mol. The zero-order valence-corrected chi connectivity index (χ0v) is 15.9. The Labute approximate surface area is 158 Å². The van der Waals surface area contributed by atoms with E-state index in [2.05, 4.69) is 17.3 Å². The van der Waals surface area contributed by atoms with Crippen LogP contribution in [0.4, 0.5) is 10.1 Å². The highest BCUT2D eigenvalue weighted by atomic mass is 32.2. The topological polar surface area (TPSA) is 54.3 Å². The van der Waals surface area contributed by atoms with E-state index < -0.39 is 15.8 Å². The predicted molar refractivity (Wildman–Crippen MR) is 105 cm³/mol. The lowest BCUT2D eigenvalue weighted by Gasteiger charge is -2.33. The fourth-order valence-corrected chi connectivity index (χ4v) is 5.10. The van der Waals surface area contributed by atoms with Crippen molar-refractivity contribution in [1.29, 1.82) is 0 Å². The van der Waals surface area contributed by atoms with Crippen molar-refractivity contribution >= 4 is 26.6 Å². The molecular weight excluding hydrogens is 365 g/mol. The number of hydrogen-bond acceptors (Lipinski definition) is 4. The van der Waals surface area contributed by atoms with Gasteiger partial charge in [0.25, 0.3) is 10.0 Å². The molecule has 1 fully saturated rings. The average molecular weight is 387 g/mol. The van der Waals surface area contributed by atoms with E-state index in [1.165, 1.54) is 16.1 Å². The second kappa shape index (κ2) is 6.98. The van der Waals surface area contributed by atoms with Crippen molar-refractivity contribution in [1.82, 2.24) is 9.29 Å². The Morgan fingerprint density at radius 2 is 1.78 bits per heavy atom. The fourth-order valence-electron chi connectivity index (χ4n) is 3.75. The molecule has 0 saturated carbocycles. The van der Waals surface area contributed by atoms with Crippen LogP contribution in [-0.4, -0.2) is 38.6 Å². The molecule has 0 aliphatic carbocycles. The zero-order valence-electron chi connectivity index (χ0n) is 15.1. The maximum absolute atomic E-state index is 13.2. The number of fused-ring (bicyclic) bond motifs is 1. The summed E-state index contributed by atoms with van der Waals surface area (Å²) < 4.78 is 40.5. The van der Waals surface area contributed by atoms with E-state index in [0.717, 1.165) is 49.1 Å². The van der Waals surface area contributed by atoms with Crippen LogP contribution in [0.2, 0.25) is 0 Å². The quantitative estimate of drug-likeness (QED) is 0.747. The largest absolute Gasteiger partial charge is 0.371 e. The lowest BCUT2D eigenvalue weighted by molar-refractivity contribution is 0.444. The molecule has 0 atom stereocenters. The normalized spacial score (nSPS) is 15.9. The minimum atomic E-state index is -3.78. The van der Waals surface area contributed by atoms with Crippen molar-refractivity contribution in [2.75, 3.05) is 25.0 Å². The van der Waals surface area contributed by atoms with E-state index in [-0.39, 0.29) is 4.90 Å². The van der Waals surface area contributed by atoms with Gasteiger partial charge in [-0.2, -0.15) is 0 Å². The Hall–Kier alpha value is -2.38. The molecule has 3 aromatic rings. The van der Waals surface area contributed by atoms with Crippen molar-refractivity contribution in [3.63, 3.8) is 0 Å². The first-order valence-corrected chi connectivity index (χ1v) is 10.5. The van der Waals surface area contributed by atoms with Gasteiger partial charge >= 0.3 is 0 Å². The fraction of sp³-hybridized carbons (Fsp3) is 0.300. The number of aromatic nitrogens is 1. The van der Waals surface area contributed by atoms with Crippen molar-refractivity contribution < 1.29 is 12.8 Å². The summed E-state index contributed by atoms with van der Waals surface area (Å²) in [7, 11) is -1.72. The summed E-state index contributed by atoms with van der Waals surface area (Å²) in [5.74, 6) is -0.461. The number of nitrogens with zero attached hydrogens (tertiary/aromatic N) is 2. The van der Waals surface area contributed by atoms with Crippen LogP contribution in [0.5, 0.6) is 0 Å². The van der Waals surface area contributed by atoms with Crippen LogP contribution in [0.1, 0.15) is 12.8 Å². The first kappa shape index (κ1) is 18.0. The van der Waals surface area contributed by atoms with Gasteiger partial charge in [0.15, 0.2) is 0 Å². The number of rotatable bonds is 4. The van der Waals surface area contributed by atoms with Crippen LogP contribution >= 0.6 is 0 Å². The van der Waals surface area contributed by atoms with Crippen LogP contribution in [0.15, 0.2) is 59.6 Å². The Balaban J connectivity index is 1.77. The van der Waals surface area contributed by atoms with E-state index in [1.54, 1.807) is 12.3 Å². The third kappa shape index (κ3) is 3.21. The molecule has 5 nitrogen and oxygen atoms in total. The highest BCUT2D eigenvalue weighted by Gasteiger charge is 2.23. The highest BCUT2D eigenvalue weighted by Crippen LogP contribution is 2.31. The lowest BCUT2D eigenvalue weighted by atomic mass is 10.0. The first-order chi connectivity index (χ1) is 13.0. The zero-order chi connectivity index (χ0) is 19.0. The molecule has 1 saturated heterocycles. The summed E-state index contributed by atoms with van der Waals surface area (Å²) in [6.07, 6.45) is 3.69. The Bertz CT molecular complexity index is 1050. The van der Waals surface area contributed by atoms with Crippen LogP contribution < -0.4 is 10.2 Å². The Morgan fingerprint density at radius 1 is 1.07 bits per heavy atom. The van der Waals surface area contributed by atoms with E-state index in [4.69, 9.17) is 0 Å². The lowest BCUT2D eigenvalue weighted by Crippen LogP contribution is -2.41. The molecule has 4 rings (SSSR count). The van der Waals surface area contributed by atoms with Gasteiger partial charge in [-0.15, -0.1) is 0 Å². The number of benzene rings is 2. The molecule has 1 aromatic heterocycles. The van der Waals surface area contributed by atoms with Gasteiger partial charge in [-0.05, 0) is 68.4 Å². The van der Waals surface area contributed by atoms with E-state index in [9.17, 15) is 12.8 Å². The number of anilines is 1. The van der Waals surface area contributed by atoms with E-state index in [0.29, 0.717) is 11.6 Å². The predicted octanol–water partition coefficient (Wildman–Crippen LogP) is 3.21. The van der Waals surface area contributed by atoms with Crippen LogP contribution in [0.3, 0.4) is 0 Å². The molecule has 0 radical (unpaired) electrons. The van der Waals surface area contributed by atoms with Gasteiger partial charge in [-0.3, -0.25) is 0 Å². The van der Waals surface area contributed by atoms with E-state index in [1.807, 2.05) is 18.2 Å². The summed E-state index contributed by atoms with van der Waals surface area (Å²) >= 11 is 0. The molecule has 1 aliphatic heterocycles. The second-order valence-electron chi connectivity index (χ2n) is 6.87. The molecule has 7 heteroatoms. The van der Waals surface area contributed by atoms with Gasteiger partial charge in [0.05, 0.1) is 10.4 Å². The molecule has 0 unspecified atom stereocenters. The van der Waals surface area contributed by atoms with Crippen molar-refractivity contribution in [3.05, 3.63) is 60.5 Å². The smallest absolute Gasteiger partial charge is 0.268 e. The maximum atomic E-state index is 13.2. The second-order valence-corrected chi connectivity index (χ2v) is 8.69. The molecule has 0 spiro atoms. The standard InChI is InChI=1S/C20H22FN3O2S/c1-23(16-9-12-22-13-10-16)19-3-2-4-20-18(19)11-14-24(20)27(25,26)17-7-5-15(21)6-8-17/h2-8,11,14,16,22H,9-10,12-13H2,1H3. The van der Waals surface area contributed by atoms with Gasteiger partial charge in [0, 0.05) is 30.4 Å². The van der Waals surface area contributed by atoms with Crippen molar-refractivity contribution in [2.24, 2.45) is 0 Å². The van der Waals surface area contributed by atoms with Gasteiger partial charge in [0.2, 0.25) is 0 Å². The summed E-state index contributed by atoms with van der Waals surface area (Å²) in [4.78, 5) is 2.32. The van der Waals surface area contributed by atoms with Gasteiger partial charge < -0.3 is 10.2 Å². The minimum absolute atomic E-state index is 0.0681. The number of piperidine rings is 1. The number of halogens is 1. The van der Waals surface area contributed by atoms with Crippen LogP contribution in [-0.2, 0) is 10.0 Å². The van der Waals surface area contributed by atoms with E-state index >= 15 is 0 Å². The summed E-state index contributed by atoms with van der Waals surface area (Å²) in [6, 6.07) is 12.9. The summed E-state index contributed by atoms with van der Waals surface area (Å²) in [5, 5.41) is 4.26. The highest BCUT2D eigenvalue weighted by molar-refractivity contribution is 7.90. The molecule has 2 heterocycles. The molecule has 0 bridgehead atoms. The minimum Gasteiger partial charge on any atom is -0.371 e. The van der Waals surface area contributed by atoms with Gasteiger partial charge in [-0.1, -0.05) is 6.07 Å². The molecule has 142 valence electrons. The Morgan fingerprint density at radius 3 is 2.48 bits per heavy atom. The van der Waals surface area contributed by atoms with Gasteiger partial charge in [-0.25, -0.2) is 16.8 Å². The Kier molecular flexibility index (Phi) is 4.65. The summed E-state index contributed by atoms with van der Waals surface area (Å²) in [5.41, 5.74) is 1.64. The van der Waals surface area contributed by atoms with Crippen LogP contribution in [0.25, 0.3) is 10.9 Å². The third-order valence-corrected chi connectivity index (χ3v) is 6.99. The van der Waals surface area contributed by atoms with Crippen LogP contribution in [0, 0.1) is 5.82 Å². The molecule has 0 amide bonds. The van der Waals surface area contributed by atoms with Crippen molar-refractivity contribution in [2.45, 2.75) is 23.8 Å².